The number of benzene rings is 1. The number of carbonyl (C=O) groups excluding carboxylic acids is 2. The quantitative estimate of drug-likeness (QED) is 0.654. The van der Waals surface area contributed by atoms with Gasteiger partial charge >= 0.3 is 5.97 Å². The Morgan fingerprint density at radius 1 is 1.32 bits per heavy atom. The van der Waals surface area contributed by atoms with Crippen molar-refractivity contribution < 1.29 is 24.2 Å². The minimum Gasteiger partial charge on any atom is -0.480 e. The van der Waals surface area contributed by atoms with E-state index in [1.54, 1.807) is 25.1 Å². The second kappa shape index (κ2) is 7.43. The standard InChI is InChI=1S/C20H25N3O5/c1-11-19(26)22-16-4-2-3-15(18(16)28-11)20(27)21-13-7-14(8-13)23(10-17(24)25)9-12-5-6-12/h2-4,11-14H,5-10H2,1H3,(H,21,27)(H,22,26)(H,24,25). The molecule has 0 bridgehead atoms. The molecule has 1 atom stereocenters. The summed E-state index contributed by atoms with van der Waals surface area (Å²) in [5.74, 6) is -0.267. The van der Waals surface area contributed by atoms with Crippen molar-refractivity contribution in [3.8, 4) is 5.75 Å². The van der Waals surface area contributed by atoms with Crippen molar-refractivity contribution in [2.24, 2.45) is 5.92 Å². The molecule has 3 aliphatic rings. The Hall–Kier alpha value is -2.61. The maximum absolute atomic E-state index is 12.7. The van der Waals surface area contributed by atoms with Crippen LogP contribution in [0, 0.1) is 5.92 Å². The average Bonchev–Trinajstić information content (AvgIpc) is 3.41. The summed E-state index contributed by atoms with van der Waals surface area (Å²) in [7, 11) is 0. The third kappa shape index (κ3) is 3.96. The number of amides is 2. The zero-order valence-corrected chi connectivity index (χ0v) is 15.8. The van der Waals surface area contributed by atoms with E-state index >= 15 is 0 Å². The van der Waals surface area contributed by atoms with Gasteiger partial charge in [-0.15, -0.1) is 0 Å². The van der Waals surface area contributed by atoms with Crippen LogP contribution in [-0.2, 0) is 9.59 Å². The lowest BCUT2D eigenvalue weighted by molar-refractivity contribution is -0.139. The van der Waals surface area contributed by atoms with Crippen LogP contribution in [0.25, 0.3) is 0 Å². The van der Waals surface area contributed by atoms with Crippen LogP contribution >= 0.6 is 0 Å². The lowest BCUT2D eigenvalue weighted by atomic mass is 9.85. The molecule has 2 amide bonds. The van der Waals surface area contributed by atoms with Crippen LogP contribution in [0.3, 0.4) is 0 Å². The van der Waals surface area contributed by atoms with Crippen molar-refractivity contribution in [2.75, 3.05) is 18.4 Å². The molecule has 8 heteroatoms. The van der Waals surface area contributed by atoms with Gasteiger partial charge in [0.2, 0.25) is 0 Å². The summed E-state index contributed by atoms with van der Waals surface area (Å²) < 4.78 is 5.64. The Morgan fingerprint density at radius 3 is 2.75 bits per heavy atom. The molecule has 4 rings (SSSR count). The number of hydrogen-bond donors (Lipinski definition) is 3. The Balaban J connectivity index is 1.36. The van der Waals surface area contributed by atoms with Gasteiger partial charge in [0.05, 0.1) is 17.8 Å². The number of fused-ring (bicyclic) bond motifs is 1. The highest BCUT2D eigenvalue weighted by Crippen LogP contribution is 2.35. The normalized spacial score (nSPS) is 25.9. The van der Waals surface area contributed by atoms with Crippen LogP contribution in [0.15, 0.2) is 18.2 Å². The van der Waals surface area contributed by atoms with Crippen molar-refractivity contribution in [2.45, 2.75) is 50.8 Å². The Kier molecular flexibility index (Phi) is 4.97. The number of carboxylic acid groups (broad SMARTS) is 1. The monoisotopic (exact) mass is 387 g/mol. The smallest absolute Gasteiger partial charge is 0.317 e. The van der Waals surface area contributed by atoms with E-state index in [1.807, 2.05) is 4.90 Å². The van der Waals surface area contributed by atoms with Crippen molar-refractivity contribution >= 4 is 23.5 Å². The van der Waals surface area contributed by atoms with Crippen molar-refractivity contribution in [3.05, 3.63) is 23.8 Å². The molecule has 0 aromatic heterocycles. The molecule has 1 unspecified atom stereocenters. The van der Waals surface area contributed by atoms with Crippen LogP contribution in [-0.4, -0.2) is 59.1 Å². The fraction of sp³-hybridized carbons (Fsp3) is 0.550. The lowest BCUT2D eigenvalue weighted by Gasteiger charge is -2.42. The number of nitrogens with one attached hydrogen (secondary N) is 2. The van der Waals surface area contributed by atoms with E-state index in [0.29, 0.717) is 22.9 Å². The third-order valence-electron chi connectivity index (χ3n) is 5.67. The lowest BCUT2D eigenvalue weighted by Crippen LogP contribution is -2.55. The van der Waals surface area contributed by atoms with E-state index in [0.717, 1.165) is 19.4 Å². The van der Waals surface area contributed by atoms with E-state index < -0.39 is 12.1 Å². The minimum atomic E-state index is -0.808. The van der Waals surface area contributed by atoms with Gasteiger partial charge in [0, 0.05) is 18.6 Å². The van der Waals surface area contributed by atoms with Gasteiger partial charge in [0.1, 0.15) is 0 Å². The number of hydrogen-bond acceptors (Lipinski definition) is 5. The SMILES string of the molecule is CC1Oc2c(cccc2C(=O)NC2CC(N(CC(=O)O)CC3CC3)C2)NC1=O. The number of rotatable bonds is 7. The highest BCUT2D eigenvalue weighted by atomic mass is 16.5. The number of carboxylic acids is 1. The van der Waals surface area contributed by atoms with Gasteiger partial charge in [0.15, 0.2) is 11.9 Å². The number of ether oxygens (including phenoxy) is 1. The van der Waals surface area contributed by atoms with Gasteiger partial charge in [-0.2, -0.15) is 0 Å². The predicted octanol–water partition coefficient (Wildman–Crippen LogP) is 1.46. The zero-order valence-electron chi connectivity index (χ0n) is 15.8. The maximum atomic E-state index is 12.7. The molecule has 2 saturated carbocycles. The van der Waals surface area contributed by atoms with E-state index in [1.165, 1.54) is 12.8 Å². The molecule has 8 nitrogen and oxygen atoms in total. The van der Waals surface area contributed by atoms with Gasteiger partial charge < -0.3 is 20.5 Å². The summed E-state index contributed by atoms with van der Waals surface area (Å²) >= 11 is 0. The molecule has 28 heavy (non-hydrogen) atoms. The second-order valence-corrected chi connectivity index (χ2v) is 7.99. The molecule has 150 valence electrons. The topological polar surface area (TPSA) is 108 Å². The first-order valence-electron chi connectivity index (χ1n) is 9.78. The Bertz CT molecular complexity index is 801. The van der Waals surface area contributed by atoms with Gasteiger partial charge in [-0.3, -0.25) is 19.3 Å². The molecular formula is C20H25N3O5. The van der Waals surface area contributed by atoms with Crippen molar-refractivity contribution in [1.82, 2.24) is 10.2 Å². The molecule has 0 saturated heterocycles. The summed E-state index contributed by atoms with van der Waals surface area (Å²) in [4.78, 5) is 37.7. The van der Waals surface area contributed by atoms with E-state index in [-0.39, 0.29) is 30.4 Å². The summed E-state index contributed by atoms with van der Waals surface area (Å²) in [6, 6.07) is 5.30. The number of para-hydroxylation sites is 1. The van der Waals surface area contributed by atoms with Gasteiger partial charge in [-0.25, -0.2) is 0 Å². The highest BCUT2D eigenvalue weighted by molar-refractivity contribution is 6.04. The molecule has 2 fully saturated rings. The fourth-order valence-electron chi connectivity index (χ4n) is 3.82. The number of anilines is 1. The van der Waals surface area contributed by atoms with Crippen molar-refractivity contribution in [3.63, 3.8) is 0 Å². The van der Waals surface area contributed by atoms with E-state index in [9.17, 15) is 14.4 Å². The summed E-state index contributed by atoms with van der Waals surface area (Å²) in [5, 5.41) is 14.9. The molecule has 1 aromatic carbocycles. The minimum absolute atomic E-state index is 0.0134. The first-order chi connectivity index (χ1) is 13.4. The number of aliphatic carboxylic acids is 1. The van der Waals surface area contributed by atoms with Gasteiger partial charge in [0.25, 0.3) is 11.8 Å². The second-order valence-electron chi connectivity index (χ2n) is 7.99. The summed E-state index contributed by atoms with van der Waals surface area (Å²) in [6.07, 6.45) is 3.19. The summed E-state index contributed by atoms with van der Waals surface area (Å²) in [5.41, 5.74) is 0.896. The third-order valence-corrected chi connectivity index (χ3v) is 5.67. The largest absolute Gasteiger partial charge is 0.480 e. The summed E-state index contributed by atoms with van der Waals surface area (Å²) in [6.45, 7) is 2.52. The molecule has 0 spiro atoms. The molecule has 0 radical (unpaired) electrons. The maximum Gasteiger partial charge on any atom is 0.317 e. The molecule has 2 aliphatic carbocycles. The van der Waals surface area contributed by atoms with Gasteiger partial charge in [-0.1, -0.05) is 6.07 Å². The first kappa shape index (κ1) is 18.7. The van der Waals surface area contributed by atoms with Crippen LogP contribution < -0.4 is 15.4 Å². The van der Waals surface area contributed by atoms with Gasteiger partial charge in [-0.05, 0) is 50.7 Å². The molecule has 3 N–H and O–H groups in total. The van der Waals surface area contributed by atoms with Crippen LogP contribution in [0.1, 0.15) is 43.0 Å². The molecule has 1 aliphatic heterocycles. The van der Waals surface area contributed by atoms with E-state index in [4.69, 9.17) is 9.84 Å². The average molecular weight is 387 g/mol. The van der Waals surface area contributed by atoms with Crippen LogP contribution in [0.5, 0.6) is 5.75 Å². The predicted molar refractivity (Wildman–Crippen MR) is 101 cm³/mol. The molecule has 1 heterocycles. The number of nitrogens with zero attached hydrogens (tertiary/aromatic N) is 1. The fourth-order valence-corrected chi connectivity index (χ4v) is 3.82. The molecule has 1 aromatic rings. The van der Waals surface area contributed by atoms with E-state index in [2.05, 4.69) is 10.6 Å². The zero-order chi connectivity index (χ0) is 19.8. The first-order valence-corrected chi connectivity index (χ1v) is 9.78. The van der Waals surface area contributed by atoms with Crippen molar-refractivity contribution in [1.29, 1.82) is 0 Å². The highest BCUT2D eigenvalue weighted by Gasteiger charge is 2.38. The Labute approximate surface area is 163 Å². The molecular weight excluding hydrogens is 362 g/mol. The van der Waals surface area contributed by atoms with Crippen LogP contribution in [0.4, 0.5) is 5.69 Å². The Morgan fingerprint density at radius 2 is 2.07 bits per heavy atom. The van der Waals surface area contributed by atoms with Crippen LogP contribution in [0.2, 0.25) is 0 Å². The number of carbonyl (C=O) groups is 3.